The van der Waals surface area contributed by atoms with Crippen LogP contribution < -0.4 is 0 Å². The molecule has 8 heteroatoms. The van der Waals surface area contributed by atoms with Crippen molar-refractivity contribution in [2.75, 3.05) is 6.26 Å². The fourth-order valence-corrected chi connectivity index (χ4v) is 4.18. The molecule has 0 unspecified atom stereocenters. The van der Waals surface area contributed by atoms with Crippen LogP contribution in [-0.4, -0.2) is 34.3 Å². The van der Waals surface area contributed by atoms with Crippen LogP contribution in [0.4, 0.5) is 4.39 Å². The van der Waals surface area contributed by atoms with Gasteiger partial charge < -0.3 is 0 Å². The largest absolute Gasteiger partial charge is 0.224 e. The lowest BCUT2D eigenvalue weighted by Crippen LogP contribution is -2.06. The molecule has 0 spiro atoms. The van der Waals surface area contributed by atoms with Crippen LogP contribution >= 0.6 is 0 Å². The summed E-state index contributed by atoms with van der Waals surface area (Å²) in [5, 5.41) is 4.82. The van der Waals surface area contributed by atoms with Crippen molar-refractivity contribution in [3.05, 3.63) is 66.0 Å². The maximum Gasteiger partial charge on any atom is 0.175 e. The minimum absolute atomic E-state index is 0.239. The Hall–Kier alpha value is -3.13. The first-order valence-electron chi connectivity index (χ1n) is 10.1. The van der Waals surface area contributed by atoms with E-state index in [2.05, 4.69) is 16.9 Å². The molecule has 0 radical (unpaired) electrons. The Kier molecular flexibility index (Phi) is 5.58. The van der Waals surface area contributed by atoms with Gasteiger partial charge in [-0.3, -0.25) is 0 Å². The second kappa shape index (κ2) is 8.19. The molecule has 0 amide bonds. The molecule has 2 aromatic carbocycles. The van der Waals surface area contributed by atoms with E-state index in [0.29, 0.717) is 17.2 Å². The number of aromatic nitrogens is 4. The Balaban J connectivity index is 1.99. The number of hydrogen-bond donors (Lipinski definition) is 0. The fourth-order valence-electron chi connectivity index (χ4n) is 3.55. The highest BCUT2D eigenvalue weighted by atomic mass is 32.2. The van der Waals surface area contributed by atoms with Crippen molar-refractivity contribution in [2.24, 2.45) is 0 Å². The van der Waals surface area contributed by atoms with Crippen LogP contribution in [0.25, 0.3) is 28.0 Å². The van der Waals surface area contributed by atoms with Crippen molar-refractivity contribution < 1.29 is 12.8 Å². The molecule has 0 atom stereocenters. The first-order valence-corrected chi connectivity index (χ1v) is 12.0. The third-order valence-corrected chi connectivity index (χ3v) is 6.24. The molecule has 0 saturated heterocycles. The number of halogens is 1. The molecule has 0 aliphatic rings. The van der Waals surface area contributed by atoms with E-state index in [4.69, 9.17) is 5.10 Å². The highest BCUT2D eigenvalue weighted by Crippen LogP contribution is 2.35. The molecule has 0 aliphatic heterocycles. The normalized spacial score (nSPS) is 11.9. The molecule has 2 heterocycles. The van der Waals surface area contributed by atoms with Crippen molar-refractivity contribution in [3.63, 3.8) is 0 Å². The molecule has 0 bridgehead atoms. The van der Waals surface area contributed by atoms with E-state index in [-0.39, 0.29) is 10.7 Å². The first-order chi connectivity index (χ1) is 14.8. The standard InChI is InChI=1S/C23H23FN4O2S/c1-4-5-6-20-25-15(2)26-23-21(16-7-11-18(24)12-8-16)22(27-28(20)23)17-9-13-19(14-10-17)31(3,29)30/h7-14H,4-6H2,1-3H3. The quantitative estimate of drug-likeness (QED) is 0.438. The van der Waals surface area contributed by atoms with E-state index in [1.165, 1.54) is 18.4 Å². The summed E-state index contributed by atoms with van der Waals surface area (Å²) in [4.78, 5) is 9.48. The number of unbranched alkanes of at least 4 members (excludes halogenated alkanes) is 1. The van der Waals surface area contributed by atoms with Gasteiger partial charge in [0.05, 0.1) is 10.5 Å². The van der Waals surface area contributed by atoms with Crippen molar-refractivity contribution in [1.29, 1.82) is 0 Å². The summed E-state index contributed by atoms with van der Waals surface area (Å²) < 4.78 is 39.0. The summed E-state index contributed by atoms with van der Waals surface area (Å²) >= 11 is 0. The molecular formula is C23H23FN4O2S. The highest BCUT2D eigenvalue weighted by Gasteiger charge is 2.21. The molecule has 2 aromatic heterocycles. The van der Waals surface area contributed by atoms with Gasteiger partial charge in [0.2, 0.25) is 0 Å². The van der Waals surface area contributed by atoms with Crippen LogP contribution in [0.3, 0.4) is 0 Å². The highest BCUT2D eigenvalue weighted by molar-refractivity contribution is 7.90. The van der Waals surface area contributed by atoms with Crippen LogP contribution in [0.5, 0.6) is 0 Å². The molecule has 0 N–H and O–H groups in total. The zero-order valence-electron chi connectivity index (χ0n) is 17.6. The number of benzene rings is 2. The van der Waals surface area contributed by atoms with E-state index < -0.39 is 9.84 Å². The van der Waals surface area contributed by atoms with Crippen LogP contribution in [0, 0.1) is 12.7 Å². The first kappa shape index (κ1) is 21.1. The smallest absolute Gasteiger partial charge is 0.175 e. The third-order valence-electron chi connectivity index (χ3n) is 5.11. The molecule has 31 heavy (non-hydrogen) atoms. The molecular weight excluding hydrogens is 415 g/mol. The number of sulfone groups is 1. The number of aryl methyl sites for hydroxylation is 2. The number of fused-ring (bicyclic) bond motifs is 1. The zero-order valence-corrected chi connectivity index (χ0v) is 18.4. The van der Waals surface area contributed by atoms with Gasteiger partial charge in [-0.2, -0.15) is 9.61 Å². The summed E-state index contributed by atoms with van der Waals surface area (Å²) in [7, 11) is -3.31. The van der Waals surface area contributed by atoms with E-state index in [1.807, 2.05) is 6.92 Å². The van der Waals surface area contributed by atoms with Gasteiger partial charge in [-0.05, 0) is 43.2 Å². The van der Waals surface area contributed by atoms with E-state index in [0.717, 1.165) is 41.8 Å². The van der Waals surface area contributed by atoms with Crippen molar-refractivity contribution in [2.45, 2.75) is 38.0 Å². The summed E-state index contributed by atoms with van der Waals surface area (Å²) in [5.74, 6) is 1.13. The minimum Gasteiger partial charge on any atom is -0.224 e. The predicted molar refractivity (Wildman–Crippen MR) is 118 cm³/mol. The number of nitrogens with zero attached hydrogens (tertiary/aromatic N) is 4. The number of hydrogen-bond acceptors (Lipinski definition) is 5. The van der Waals surface area contributed by atoms with E-state index >= 15 is 0 Å². The summed E-state index contributed by atoms with van der Waals surface area (Å²) in [6, 6.07) is 12.8. The van der Waals surface area contributed by atoms with Crippen LogP contribution in [-0.2, 0) is 16.3 Å². The average molecular weight is 439 g/mol. The molecule has 0 aliphatic carbocycles. The van der Waals surface area contributed by atoms with Crippen molar-refractivity contribution in [1.82, 2.24) is 19.6 Å². The van der Waals surface area contributed by atoms with Gasteiger partial charge in [-0.25, -0.2) is 22.8 Å². The zero-order chi connectivity index (χ0) is 22.2. The Morgan fingerprint density at radius 3 is 2.23 bits per heavy atom. The Morgan fingerprint density at radius 2 is 1.61 bits per heavy atom. The van der Waals surface area contributed by atoms with Crippen LogP contribution in [0.2, 0.25) is 0 Å². The van der Waals surface area contributed by atoms with Crippen LogP contribution in [0.1, 0.15) is 31.4 Å². The lowest BCUT2D eigenvalue weighted by molar-refractivity contribution is 0.602. The SMILES string of the molecule is CCCCc1nc(C)nc2c(-c3ccc(F)cc3)c(-c3ccc(S(C)(=O)=O)cc3)nn12. The number of rotatable bonds is 6. The summed E-state index contributed by atoms with van der Waals surface area (Å²) in [5.41, 5.74) is 3.57. The molecule has 4 rings (SSSR count). The third kappa shape index (κ3) is 4.20. The van der Waals surface area contributed by atoms with Gasteiger partial charge >= 0.3 is 0 Å². The van der Waals surface area contributed by atoms with Crippen molar-refractivity contribution in [3.8, 4) is 22.4 Å². The monoisotopic (exact) mass is 438 g/mol. The summed E-state index contributed by atoms with van der Waals surface area (Å²) in [6.07, 6.45) is 3.93. The minimum atomic E-state index is -3.31. The topological polar surface area (TPSA) is 77.2 Å². The Bertz CT molecular complexity index is 1350. The van der Waals surface area contributed by atoms with Crippen LogP contribution in [0.15, 0.2) is 53.4 Å². The fraction of sp³-hybridized carbons (Fsp3) is 0.261. The Labute approximate surface area is 180 Å². The maximum absolute atomic E-state index is 13.6. The molecule has 6 nitrogen and oxygen atoms in total. The molecule has 4 aromatic rings. The van der Waals surface area contributed by atoms with Gasteiger partial charge in [-0.1, -0.05) is 37.6 Å². The predicted octanol–water partition coefficient (Wildman–Crippen LogP) is 4.65. The average Bonchev–Trinajstić information content (AvgIpc) is 3.11. The van der Waals surface area contributed by atoms with E-state index in [9.17, 15) is 12.8 Å². The maximum atomic E-state index is 13.6. The molecule has 0 saturated carbocycles. The lowest BCUT2D eigenvalue weighted by atomic mass is 10.0. The van der Waals surface area contributed by atoms with Gasteiger partial charge in [0, 0.05) is 18.2 Å². The van der Waals surface area contributed by atoms with Gasteiger partial charge in [0.15, 0.2) is 15.5 Å². The molecule has 160 valence electrons. The van der Waals surface area contributed by atoms with Gasteiger partial charge in [0.25, 0.3) is 0 Å². The lowest BCUT2D eigenvalue weighted by Gasteiger charge is -2.06. The van der Waals surface area contributed by atoms with E-state index in [1.54, 1.807) is 40.9 Å². The summed E-state index contributed by atoms with van der Waals surface area (Å²) in [6.45, 7) is 3.96. The van der Waals surface area contributed by atoms with Gasteiger partial charge in [-0.15, -0.1) is 0 Å². The second-order valence-electron chi connectivity index (χ2n) is 7.55. The molecule has 0 fully saturated rings. The second-order valence-corrected chi connectivity index (χ2v) is 9.57. The Morgan fingerprint density at radius 1 is 0.968 bits per heavy atom. The van der Waals surface area contributed by atoms with Gasteiger partial charge in [0.1, 0.15) is 23.2 Å². The van der Waals surface area contributed by atoms with Crippen molar-refractivity contribution >= 4 is 15.5 Å².